The predicted octanol–water partition coefficient (Wildman–Crippen LogP) is 6.13. The van der Waals surface area contributed by atoms with E-state index in [0.29, 0.717) is 31.8 Å². The maximum atomic E-state index is 10.9. The number of hydrogen-bond donors (Lipinski definition) is 2. The predicted molar refractivity (Wildman–Crippen MR) is 108 cm³/mol. The first kappa shape index (κ1) is 19.3. The van der Waals surface area contributed by atoms with Gasteiger partial charge in [-0.15, -0.1) is 0 Å². The van der Waals surface area contributed by atoms with Crippen molar-refractivity contribution in [2.45, 2.75) is 6.42 Å². The van der Waals surface area contributed by atoms with Crippen molar-refractivity contribution in [3.63, 3.8) is 0 Å². The smallest absolute Gasteiger partial charge is 0.307 e. The summed E-state index contributed by atoms with van der Waals surface area (Å²) in [6.45, 7) is 0. The molecule has 3 aromatic carbocycles. The van der Waals surface area contributed by atoms with Gasteiger partial charge in [-0.3, -0.25) is 4.79 Å². The fourth-order valence-electron chi connectivity index (χ4n) is 2.36. The van der Waals surface area contributed by atoms with Gasteiger partial charge in [0, 0.05) is 6.07 Å². The molecule has 0 aliphatic heterocycles. The third-order valence-corrected chi connectivity index (χ3v) is 4.71. The zero-order valence-corrected chi connectivity index (χ0v) is 17.0. The third kappa shape index (κ3) is 5.02. The van der Waals surface area contributed by atoms with E-state index >= 15 is 0 Å². The molecule has 0 aliphatic carbocycles. The molecule has 0 heterocycles. The number of phenolic OH excluding ortho intramolecular Hbond substituents is 1. The Labute approximate surface area is 172 Å². The summed E-state index contributed by atoms with van der Waals surface area (Å²) in [7, 11) is 0. The molecule has 0 saturated carbocycles. The molecule has 2 N–H and O–H groups in total. The van der Waals surface area contributed by atoms with E-state index in [1.54, 1.807) is 36.4 Å². The Morgan fingerprint density at radius 2 is 1.56 bits per heavy atom. The Bertz CT molecular complexity index is 950. The minimum Gasteiger partial charge on any atom is -0.504 e. The average molecular weight is 494 g/mol. The number of carboxylic acids is 1. The minimum absolute atomic E-state index is 0.0128. The van der Waals surface area contributed by atoms with E-state index in [1.165, 1.54) is 6.07 Å². The van der Waals surface area contributed by atoms with Crippen LogP contribution in [0.5, 0.6) is 28.7 Å². The highest BCUT2D eigenvalue weighted by Gasteiger charge is 2.14. The van der Waals surface area contributed by atoms with Gasteiger partial charge in [0.1, 0.15) is 11.5 Å². The number of aromatic hydroxyl groups is 1. The van der Waals surface area contributed by atoms with Crippen LogP contribution in [0.25, 0.3) is 0 Å². The van der Waals surface area contributed by atoms with Crippen molar-refractivity contribution >= 4 is 37.8 Å². The molecule has 7 heteroatoms. The number of para-hydroxylation sites is 1. The topological polar surface area (TPSA) is 76.0 Å². The summed E-state index contributed by atoms with van der Waals surface area (Å²) in [4.78, 5) is 10.9. The number of halogens is 2. The molecule has 0 radical (unpaired) electrons. The van der Waals surface area contributed by atoms with Gasteiger partial charge in [-0.2, -0.15) is 0 Å². The summed E-state index contributed by atoms with van der Waals surface area (Å²) in [5, 5.41) is 19.0. The molecule has 0 aromatic heterocycles. The maximum absolute atomic E-state index is 10.9. The Balaban J connectivity index is 1.86. The largest absolute Gasteiger partial charge is 0.504 e. The number of ether oxygens (including phenoxy) is 2. The third-order valence-electron chi connectivity index (χ3n) is 3.54. The van der Waals surface area contributed by atoms with Crippen LogP contribution in [0.1, 0.15) is 5.56 Å². The van der Waals surface area contributed by atoms with Crippen molar-refractivity contribution in [3.05, 3.63) is 75.2 Å². The summed E-state index contributed by atoms with van der Waals surface area (Å²) in [6.07, 6.45) is -0.0915. The summed E-state index contributed by atoms with van der Waals surface area (Å²) in [5.41, 5.74) is 0.632. The van der Waals surface area contributed by atoms with E-state index in [9.17, 15) is 9.90 Å². The van der Waals surface area contributed by atoms with Gasteiger partial charge < -0.3 is 19.7 Å². The summed E-state index contributed by atoms with van der Waals surface area (Å²) >= 11 is 6.81. The Kier molecular flexibility index (Phi) is 6.03. The van der Waals surface area contributed by atoms with Gasteiger partial charge in [0.15, 0.2) is 17.2 Å². The number of phenols is 1. The second kappa shape index (κ2) is 8.45. The molecule has 0 saturated heterocycles. The van der Waals surface area contributed by atoms with Crippen LogP contribution in [0.2, 0.25) is 0 Å². The molecule has 0 spiro atoms. The van der Waals surface area contributed by atoms with Crippen molar-refractivity contribution in [3.8, 4) is 28.7 Å². The van der Waals surface area contributed by atoms with Crippen molar-refractivity contribution in [1.29, 1.82) is 0 Å². The lowest BCUT2D eigenvalue weighted by Gasteiger charge is -2.13. The molecular weight excluding hydrogens is 480 g/mol. The van der Waals surface area contributed by atoms with Crippen LogP contribution in [0.15, 0.2) is 69.6 Å². The number of carboxylic acid groups (broad SMARTS) is 1. The molecule has 0 unspecified atom stereocenters. The molecule has 0 fully saturated rings. The highest BCUT2D eigenvalue weighted by Crippen LogP contribution is 2.40. The first-order chi connectivity index (χ1) is 12.9. The van der Waals surface area contributed by atoms with Crippen LogP contribution in [0.3, 0.4) is 0 Å². The second-order valence-corrected chi connectivity index (χ2v) is 7.31. The minimum atomic E-state index is -0.913. The molecule has 0 amide bonds. The molecule has 3 aromatic rings. The van der Waals surface area contributed by atoms with Gasteiger partial charge in [-0.1, -0.05) is 18.2 Å². The van der Waals surface area contributed by atoms with Gasteiger partial charge in [-0.25, -0.2) is 0 Å². The highest BCUT2D eigenvalue weighted by molar-refractivity contribution is 9.11. The fourth-order valence-corrected chi connectivity index (χ4v) is 3.80. The number of hydrogen-bond acceptors (Lipinski definition) is 4. The maximum Gasteiger partial charge on any atom is 0.307 e. The molecular formula is C20H14Br2O5. The fraction of sp³-hybridized carbons (Fsp3) is 0.0500. The van der Waals surface area contributed by atoms with Crippen LogP contribution in [-0.4, -0.2) is 16.2 Å². The van der Waals surface area contributed by atoms with Gasteiger partial charge >= 0.3 is 5.97 Å². The van der Waals surface area contributed by atoms with Crippen molar-refractivity contribution in [2.24, 2.45) is 0 Å². The summed E-state index contributed by atoms with van der Waals surface area (Å²) in [5.74, 6) is 0.857. The van der Waals surface area contributed by atoms with Gasteiger partial charge in [0.2, 0.25) is 0 Å². The molecule has 27 heavy (non-hydrogen) atoms. The average Bonchev–Trinajstić information content (AvgIpc) is 2.61. The van der Waals surface area contributed by atoms with E-state index in [4.69, 9.17) is 14.6 Å². The number of aliphatic carboxylic acids is 1. The van der Waals surface area contributed by atoms with Crippen LogP contribution >= 0.6 is 31.9 Å². The van der Waals surface area contributed by atoms with Crippen molar-refractivity contribution in [1.82, 2.24) is 0 Å². The van der Waals surface area contributed by atoms with Crippen LogP contribution in [0, 0.1) is 0 Å². The highest BCUT2D eigenvalue weighted by atomic mass is 79.9. The molecule has 0 atom stereocenters. The Hall–Kier alpha value is -2.51. The first-order valence-corrected chi connectivity index (χ1v) is 9.44. The molecule has 138 valence electrons. The monoisotopic (exact) mass is 492 g/mol. The number of carbonyl (C=O) groups is 1. The normalized spacial score (nSPS) is 10.4. The quantitative estimate of drug-likeness (QED) is 0.432. The van der Waals surface area contributed by atoms with Gasteiger partial charge in [0.25, 0.3) is 0 Å². The first-order valence-electron chi connectivity index (χ1n) is 7.86. The van der Waals surface area contributed by atoms with Crippen molar-refractivity contribution < 1.29 is 24.5 Å². The van der Waals surface area contributed by atoms with Crippen LogP contribution < -0.4 is 9.47 Å². The van der Waals surface area contributed by atoms with E-state index < -0.39 is 5.97 Å². The summed E-state index contributed by atoms with van der Waals surface area (Å²) in [6, 6.07) is 17.1. The standard InChI is InChI=1S/C20H14Br2O5/c21-15-8-12(10-19(24)25)9-16(22)20(15)27-14-6-7-17(23)18(11-14)26-13-4-2-1-3-5-13/h1-9,11,23H,10H2,(H,24,25). The zero-order chi connectivity index (χ0) is 19.4. The van der Waals surface area contributed by atoms with E-state index in [-0.39, 0.29) is 17.9 Å². The Morgan fingerprint density at radius 3 is 2.19 bits per heavy atom. The lowest BCUT2D eigenvalue weighted by Crippen LogP contribution is -2.00. The Morgan fingerprint density at radius 1 is 0.889 bits per heavy atom. The zero-order valence-electron chi connectivity index (χ0n) is 13.9. The van der Waals surface area contributed by atoms with Crippen LogP contribution in [-0.2, 0) is 11.2 Å². The van der Waals surface area contributed by atoms with E-state index in [2.05, 4.69) is 31.9 Å². The lowest BCUT2D eigenvalue weighted by molar-refractivity contribution is -0.136. The SMILES string of the molecule is O=C(O)Cc1cc(Br)c(Oc2ccc(O)c(Oc3ccccc3)c2)c(Br)c1. The van der Waals surface area contributed by atoms with Gasteiger partial charge in [-0.05, 0) is 73.8 Å². The second-order valence-electron chi connectivity index (χ2n) is 5.61. The van der Waals surface area contributed by atoms with Crippen molar-refractivity contribution in [2.75, 3.05) is 0 Å². The summed E-state index contributed by atoms with van der Waals surface area (Å²) < 4.78 is 12.8. The lowest BCUT2D eigenvalue weighted by atomic mass is 10.1. The van der Waals surface area contributed by atoms with Gasteiger partial charge in [0.05, 0.1) is 15.4 Å². The van der Waals surface area contributed by atoms with E-state index in [0.717, 1.165) is 0 Å². The van der Waals surface area contributed by atoms with Crippen LogP contribution in [0.4, 0.5) is 0 Å². The molecule has 3 rings (SSSR count). The molecule has 0 bridgehead atoms. The molecule has 5 nitrogen and oxygen atoms in total. The number of benzene rings is 3. The number of rotatable bonds is 6. The van der Waals surface area contributed by atoms with E-state index in [1.807, 2.05) is 18.2 Å². The molecule has 0 aliphatic rings.